The summed E-state index contributed by atoms with van der Waals surface area (Å²) in [6, 6.07) is 8.85. The molecular weight excluding hydrogens is 491 g/mol. The van der Waals surface area contributed by atoms with Crippen molar-refractivity contribution in [3.05, 3.63) is 52.5 Å². The quantitative estimate of drug-likeness (QED) is 0.499. The maximum atomic E-state index is 13.5. The molecule has 34 heavy (non-hydrogen) atoms. The van der Waals surface area contributed by atoms with Gasteiger partial charge >= 0.3 is 6.18 Å². The highest BCUT2D eigenvalue weighted by Gasteiger charge is 2.34. The Morgan fingerprint density at radius 2 is 1.82 bits per heavy atom. The molecule has 0 saturated carbocycles. The van der Waals surface area contributed by atoms with E-state index in [-0.39, 0.29) is 15.8 Å². The standard InChI is InChI=1S/C23H27ClF3N3O3S/c1-31-20-6-3-16(13-21(20)32-2)15-30(8-7-29-9-11-33-12-10-29)22(34)28-19-14-17(24)4-5-18(19)23(25,26)27/h3-6,13-14H,7-12,15H2,1-2H3,(H,28,34). The molecule has 0 radical (unpaired) electrons. The van der Waals surface area contributed by atoms with Crippen LogP contribution in [-0.2, 0) is 17.5 Å². The van der Waals surface area contributed by atoms with Gasteiger partial charge in [0.15, 0.2) is 16.6 Å². The number of nitrogens with zero attached hydrogens (tertiary/aromatic N) is 2. The predicted molar refractivity (Wildman–Crippen MR) is 130 cm³/mol. The summed E-state index contributed by atoms with van der Waals surface area (Å²) in [5.74, 6) is 1.14. The van der Waals surface area contributed by atoms with Crippen molar-refractivity contribution in [2.24, 2.45) is 0 Å². The Bertz CT molecular complexity index is 988. The number of methoxy groups -OCH3 is 2. The number of nitrogens with one attached hydrogen (secondary N) is 1. The third kappa shape index (κ3) is 7.11. The average Bonchev–Trinajstić information content (AvgIpc) is 2.81. The van der Waals surface area contributed by atoms with Crippen LogP contribution < -0.4 is 14.8 Å². The SMILES string of the molecule is COc1ccc(CN(CCN2CCOCC2)C(=S)Nc2cc(Cl)ccc2C(F)(F)F)cc1OC. The van der Waals surface area contributed by atoms with Crippen molar-refractivity contribution in [2.75, 3.05) is 58.9 Å². The van der Waals surface area contributed by atoms with E-state index in [1.165, 1.54) is 12.1 Å². The molecule has 1 heterocycles. The van der Waals surface area contributed by atoms with Crippen LogP contribution in [0.2, 0.25) is 5.02 Å². The number of hydrogen-bond acceptors (Lipinski definition) is 5. The van der Waals surface area contributed by atoms with Gasteiger partial charge in [-0.1, -0.05) is 17.7 Å². The molecule has 186 valence electrons. The van der Waals surface area contributed by atoms with E-state index in [0.717, 1.165) is 24.7 Å². The fourth-order valence-corrected chi connectivity index (χ4v) is 4.04. The molecule has 0 atom stereocenters. The number of halogens is 4. The normalized spacial score (nSPS) is 14.5. The van der Waals surface area contributed by atoms with Crippen LogP contribution in [0.4, 0.5) is 18.9 Å². The van der Waals surface area contributed by atoms with Gasteiger partial charge < -0.3 is 24.4 Å². The lowest BCUT2D eigenvalue weighted by Gasteiger charge is -2.32. The largest absolute Gasteiger partial charge is 0.493 e. The van der Waals surface area contributed by atoms with Gasteiger partial charge in [0.1, 0.15) is 0 Å². The van der Waals surface area contributed by atoms with Gasteiger partial charge in [0.05, 0.1) is 38.7 Å². The van der Waals surface area contributed by atoms with Gasteiger partial charge in [0.25, 0.3) is 0 Å². The fourth-order valence-electron chi connectivity index (χ4n) is 3.60. The van der Waals surface area contributed by atoms with E-state index in [1.54, 1.807) is 20.3 Å². The molecule has 11 heteroatoms. The van der Waals surface area contributed by atoms with E-state index >= 15 is 0 Å². The van der Waals surface area contributed by atoms with Crippen LogP contribution >= 0.6 is 23.8 Å². The first-order valence-corrected chi connectivity index (χ1v) is 11.4. The van der Waals surface area contributed by atoms with Crippen LogP contribution in [0.15, 0.2) is 36.4 Å². The second-order valence-electron chi connectivity index (χ2n) is 7.68. The fraction of sp³-hybridized carbons (Fsp3) is 0.435. The lowest BCUT2D eigenvalue weighted by atomic mass is 10.1. The van der Waals surface area contributed by atoms with Gasteiger partial charge in [0.2, 0.25) is 0 Å². The number of anilines is 1. The minimum Gasteiger partial charge on any atom is -0.493 e. The van der Waals surface area contributed by atoms with Crippen LogP contribution in [0.5, 0.6) is 11.5 Å². The second kappa shape index (κ2) is 11.9. The Balaban J connectivity index is 1.83. The number of morpholine rings is 1. The Morgan fingerprint density at radius 1 is 1.12 bits per heavy atom. The van der Waals surface area contributed by atoms with E-state index in [1.807, 2.05) is 17.0 Å². The number of rotatable bonds is 8. The maximum Gasteiger partial charge on any atom is 0.418 e. The highest BCUT2D eigenvalue weighted by molar-refractivity contribution is 7.80. The van der Waals surface area contributed by atoms with Crippen molar-refractivity contribution in [1.82, 2.24) is 9.80 Å². The average molecular weight is 518 g/mol. The summed E-state index contributed by atoms with van der Waals surface area (Å²) >= 11 is 11.5. The highest BCUT2D eigenvalue weighted by atomic mass is 35.5. The minimum atomic E-state index is -4.55. The summed E-state index contributed by atoms with van der Waals surface area (Å²) in [5, 5.41) is 3.11. The van der Waals surface area contributed by atoms with Crippen LogP contribution in [0.1, 0.15) is 11.1 Å². The molecule has 0 bridgehead atoms. The Labute approximate surface area is 207 Å². The summed E-state index contributed by atoms with van der Waals surface area (Å²) in [7, 11) is 3.09. The number of alkyl halides is 3. The van der Waals surface area contributed by atoms with E-state index in [9.17, 15) is 13.2 Å². The molecule has 1 saturated heterocycles. The van der Waals surface area contributed by atoms with Crippen LogP contribution in [0.25, 0.3) is 0 Å². The first-order chi connectivity index (χ1) is 16.2. The molecule has 2 aromatic carbocycles. The summed E-state index contributed by atoms with van der Waals surface area (Å²) in [4.78, 5) is 4.06. The van der Waals surface area contributed by atoms with Gasteiger partial charge in [-0.15, -0.1) is 0 Å². The first kappa shape index (κ1) is 26.3. The third-order valence-electron chi connectivity index (χ3n) is 5.43. The maximum absolute atomic E-state index is 13.5. The molecule has 0 aliphatic carbocycles. The Morgan fingerprint density at radius 3 is 2.47 bits per heavy atom. The van der Waals surface area contributed by atoms with Crippen molar-refractivity contribution < 1.29 is 27.4 Å². The summed E-state index contributed by atoms with van der Waals surface area (Å²) in [5.41, 5.74) is -0.155. The molecular formula is C23H27ClF3N3O3S. The van der Waals surface area contributed by atoms with Crippen LogP contribution in [0, 0.1) is 0 Å². The topological polar surface area (TPSA) is 46.2 Å². The van der Waals surface area contributed by atoms with E-state index in [4.69, 9.17) is 38.0 Å². The zero-order valence-corrected chi connectivity index (χ0v) is 20.5. The van der Waals surface area contributed by atoms with Gasteiger partial charge in [-0.3, -0.25) is 4.90 Å². The predicted octanol–water partition coefficient (Wildman–Crippen LogP) is 4.91. The molecule has 0 unspecified atom stereocenters. The van der Waals surface area contributed by atoms with Gasteiger partial charge in [-0.25, -0.2) is 0 Å². The Kier molecular flexibility index (Phi) is 9.24. The van der Waals surface area contributed by atoms with Crippen molar-refractivity contribution in [1.29, 1.82) is 0 Å². The van der Waals surface area contributed by atoms with Gasteiger partial charge in [-0.2, -0.15) is 13.2 Å². The summed E-state index contributed by atoms with van der Waals surface area (Å²) in [6.07, 6.45) is -4.55. The van der Waals surface area contributed by atoms with Crippen molar-refractivity contribution in [3.63, 3.8) is 0 Å². The monoisotopic (exact) mass is 517 g/mol. The number of benzene rings is 2. The molecule has 0 aromatic heterocycles. The van der Waals surface area contributed by atoms with E-state index < -0.39 is 11.7 Å². The molecule has 0 spiro atoms. The highest BCUT2D eigenvalue weighted by Crippen LogP contribution is 2.36. The van der Waals surface area contributed by atoms with Gasteiger partial charge in [0, 0.05) is 37.7 Å². The zero-order chi connectivity index (χ0) is 24.7. The lowest BCUT2D eigenvalue weighted by Crippen LogP contribution is -2.44. The van der Waals surface area contributed by atoms with Crippen LogP contribution in [-0.4, -0.2) is 68.5 Å². The molecule has 2 aromatic rings. The first-order valence-electron chi connectivity index (χ1n) is 10.6. The molecule has 1 aliphatic heterocycles. The Hall–Kier alpha value is -2.27. The lowest BCUT2D eigenvalue weighted by molar-refractivity contribution is -0.136. The minimum absolute atomic E-state index is 0.163. The van der Waals surface area contributed by atoms with Gasteiger partial charge in [-0.05, 0) is 48.1 Å². The number of thiocarbonyl (C=S) groups is 1. The van der Waals surface area contributed by atoms with E-state index in [0.29, 0.717) is 44.3 Å². The van der Waals surface area contributed by atoms with Crippen molar-refractivity contribution >= 4 is 34.6 Å². The van der Waals surface area contributed by atoms with E-state index in [2.05, 4.69) is 10.2 Å². The molecule has 1 aliphatic rings. The van der Waals surface area contributed by atoms with Crippen LogP contribution in [0.3, 0.4) is 0 Å². The smallest absolute Gasteiger partial charge is 0.418 e. The van der Waals surface area contributed by atoms with Crippen molar-refractivity contribution in [2.45, 2.75) is 12.7 Å². The second-order valence-corrected chi connectivity index (χ2v) is 8.51. The molecule has 6 nitrogen and oxygen atoms in total. The molecule has 3 rings (SSSR count). The zero-order valence-electron chi connectivity index (χ0n) is 19.0. The van der Waals surface area contributed by atoms with Crippen molar-refractivity contribution in [3.8, 4) is 11.5 Å². The third-order valence-corrected chi connectivity index (χ3v) is 6.02. The summed E-state index contributed by atoms with van der Waals surface area (Å²) in [6.45, 7) is 4.42. The number of hydrogen-bond donors (Lipinski definition) is 1. The molecule has 0 amide bonds. The molecule has 1 N–H and O–H groups in total. The molecule has 1 fully saturated rings. The number of ether oxygens (including phenoxy) is 3. The summed E-state index contributed by atoms with van der Waals surface area (Å²) < 4.78 is 56.7.